The number of anilines is 1. The molecule has 0 aliphatic heterocycles. The van der Waals surface area contributed by atoms with Gasteiger partial charge in [0.15, 0.2) is 18.1 Å². The van der Waals surface area contributed by atoms with Gasteiger partial charge in [-0.15, -0.1) is 0 Å². The van der Waals surface area contributed by atoms with Crippen molar-refractivity contribution in [1.29, 1.82) is 0 Å². The molecule has 0 saturated carbocycles. The van der Waals surface area contributed by atoms with Crippen LogP contribution in [-0.4, -0.2) is 52.4 Å². The first-order valence-corrected chi connectivity index (χ1v) is 9.68. The quantitative estimate of drug-likeness (QED) is 0.517. The number of carbonyl (C=O) groups is 2. The van der Waals surface area contributed by atoms with Crippen molar-refractivity contribution < 1.29 is 28.5 Å². The van der Waals surface area contributed by atoms with E-state index in [0.29, 0.717) is 48.3 Å². The van der Waals surface area contributed by atoms with Gasteiger partial charge in [0.05, 0.1) is 19.9 Å². The molecule has 2 N–H and O–H groups in total. The smallest absolute Gasteiger partial charge is 0.262 e. The molecule has 0 atom stereocenters. The van der Waals surface area contributed by atoms with Gasteiger partial charge in [-0.25, -0.2) is 0 Å². The van der Waals surface area contributed by atoms with E-state index in [9.17, 15) is 9.59 Å². The number of carbonyl (C=O) groups excluding carboxylic acids is 2. The lowest BCUT2D eigenvalue weighted by atomic mass is 10.2. The fourth-order valence-corrected chi connectivity index (χ4v) is 2.63. The summed E-state index contributed by atoms with van der Waals surface area (Å²) in [7, 11) is 3.00. The number of hydrogen-bond acceptors (Lipinski definition) is 6. The van der Waals surface area contributed by atoms with E-state index >= 15 is 0 Å². The summed E-state index contributed by atoms with van der Waals surface area (Å²) in [5, 5.41) is 5.56. The second kappa shape index (κ2) is 12.3. The monoisotopic (exact) mass is 416 g/mol. The highest BCUT2D eigenvalue weighted by atomic mass is 16.5. The third kappa shape index (κ3) is 6.97. The van der Waals surface area contributed by atoms with E-state index in [2.05, 4.69) is 10.6 Å². The Morgan fingerprint density at radius 3 is 2.47 bits per heavy atom. The van der Waals surface area contributed by atoms with Gasteiger partial charge in [-0.3, -0.25) is 9.59 Å². The molecule has 30 heavy (non-hydrogen) atoms. The molecule has 0 radical (unpaired) electrons. The number of ether oxygens (including phenoxy) is 4. The zero-order valence-electron chi connectivity index (χ0n) is 17.5. The van der Waals surface area contributed by atoms with Gasteiger partial charge in [0.2, 0.25) is 0 Å². The second-order valence-electron chi connectivity index (χ2n) is 6.21. The summed E-state index contributed by atoms with van der Waals surface area (Å²) < 4.78 is 21.3. The first-order valence-electron chi connectivity index (χ1n) is 9.68. The minimum Gasteiger partial charge on any atom is -0.495 e. The maximum atomic E-state index is 12.3. The zero-order chi connectivity index (χ0) is 21.8. The third-order valence-corrected chi connectivity index (χ3v) is 4.12. The number of rotatable bonds is 12. The van der Waals surface area contributed by atoms with Crippen LogP contribution in [0.1, 0.15) is 23.7 Å². The van der Waals surface area contributed by atoms with Crippen molar-refractivity contribution in [2.24, 2.45) is 0 Å². The fourth-order valence-electron chi connectivity index (χ4n) is 2.63. The van der Waals surface area contributed by atoms with Gasteiger partial charge in [-0.05, 0) is 43.7 Å². The molecule has 0 unspecified atom stereocenters. The summed E-state index contributed by atoms with van der Waals surface area (Å²) in [5.74, 6) is 0.714. The summed E-state index contributed by atoms with van der Waals surface area (Å²) in [5.41, 5.74) is 0.992. The van der Waals surface area contributed by atoms with Crippen molar-refractivity contribution >= 4 is 17.5 Å². The molecule has 0 aromatic heterocycles. The molecule has 0 bridgehead atoms. The van der Waals surface area contributed by atoms with Crippen molar-refractivity contribution in [2.45, 2.75) is 13.3 Å². The molecule has 162 valence electrons. The zero-order valence-corrected chi connectivity index (χ0v) is 17.5. The molecule has 8 heteroatoms. The van der Waals surface area contributed by atoms with Crippen molar-refractivity contribution in [3.05, 3.63) is 48.0 Å². The number of amides is 2. The van der Waals surface area contributed by atoms with Crippen LogP contribution in [0, 0.1) is 0 Å². The minimum absolute atomic E-state index is 0.217. The van der Waals surface area contributed by atoms with Crippen LogP contribution < -0.4 is 24.8 Å². The van der Waals surface area contributed by atoms with E-state index in [1.54, 1.807) is 36.4 Å². The molecule has 2 aromatic rings. The third-order valence-electron chi connectivity index (χ3n) is 4.12. The summed E-state index contributed by atoms with van der Waals surface area (Å²) in [6.45, 7) is 3.48. The predicted molar refractivity (Wildman–Crippen MR) is 114 cm³/mol. The Labute approximate surface area is 176 Å². The first-order chi connectivity index (χ1) is 14.6. The van der Waals surface area contributed by atoms with Crippen molar-refractivity contribution in [1.82, 2.24) is 5.32 Å². The molecule has 2 aromatic carbocycles. The highest BCUT2D eigenvalue weighted by Gasteiger charge is 2.13. The molecule has 2 amide bonds. The summed E-state index contributed by atoms with van der Waals surface area (Å²) in [6, 6.07) is 11.9. The van der Waals surface area contributed by atoms with Crippen LogP contribution in [0.3, 0.4) is 0 Å². The first kappa shape index (κ1) is 23.0. The van der Waals surface area contributed by atoms with E-state index in [1.807, 2.05) is 13.0 Å². The topological polar surface area (TPSA) is 95.1 Å². The van der Waals surface area contributed by atoms with E-state index in [-0.39, 0.29) is 18.4 Å². The average molecular weight is 416 g/mol. The normalized spacial score (nSPS) is 10.2. The van der Waals surface area contributed by atoms with Crippen LogP contribution in [0.4, 0.5) is 5.69 Å². The summed E-state index contributed by atoms with van der Waals surface area (Å²) in [6.07, 6.45) is 0.735. The van der Waals surface area contributed by atoms with E-state index < -0.39 is 0 Å². The van der Waals surface area contributed by atoms with Crippen LogP contribution in [0.15, 0.2) is 42.5 Å². The standard InChI is InChI=1S/C22H28N2O6/c1-4-29-13-7-12-23-22(26)16-10-11-19(20(14-16)28-3)30-15-21(25)24-17-8-5-6-9-18(17)27-2/h5-6,8-11,14H,4,7,12-13,15H2,1-3H3,(H,23,26)(H,24,25). The highest BCUT2D eigenvalue weighted by molar-refractivity contribution is 5.95. The molecule has 8 nitrogen and oxygen atoms in total. The average Bonchev–Trinajstić information content (AvgIpc) is 2.77. The van der Waals surface area contributed by atoms with Gasteiger partial charge < -0.3 is 29.6 Å². The Balaban J connectivity index is 1.91. The number of hydrogen-bond donors (Lipinski definition) is 2. The van der Waals surface area contributed by atoms with Gasteiger partial charge in [-0.2, -0.15) is 0 Å². The molecule has 2 rings (SSSR count). The molecule has 0 aliphatic rings. The Hall–Kier alpha value is -3.26. The Morgan fingerprint density at radius 1 is 0.967 bits per heavy atom. The molecular formula is C22H28N2O6. The molecule has 0 spiro atoms. The highest BCUT2D eigenvalue weighted by Crippen LogP contribution is 2.28. The Kier molecular flexibility index (Phi) is 9.47. The number of nitrogens with one attached hydrogen (secondary N) is 2. The maximum Gasteiger partial charge on any atom is 0.262 e. The number of benzene rings is 2. The summed E-state index contributed by atoms with van der Waals surface area (Å²) in [4.78, 5) is 24.5. The lowest BCUT2D eigenvalue weighted by Crippen LogP contribution is -2.25. The Morgan fingerprint density at radius 2 is 1.73 bits per heavy atom. The van der Waals surface area contributed by atoms with Crippen molar-refractivity contribution in [3.8, 4) is 17.2 Å². The summed E-state index contributed by atoms with van der Waals surface area (Å²) >= 11 is 0. The largest absolute Gasteiger partial charge is 0.495 e. The van der Waals surface area contributed by atoms with E-state index in [1.165, 1.54) is 14.2 Å². The molecule has 0 aliphatic carbocycles. The van der Waals surface area contributed by atoms with Crippen molar-refractivity contribution in [3.63, 3.8) is 0 Å². The number of methoxy groups -OCH3 is 2. The Bertz CT molecular complexity index is 840. The van der Waals surface area contributed by atoms with Crippen LogP contribution >= 0.6 is 0 Å². The van der Waals surface area contributed by atoms with Crippen LogP contribution in [0.25, 0.3) is 0 Å². The molecule has 0 heterocycles. The maximum absolute atomic E-state index is 12.3. The lowest BCUT2D eigenvalue weighted by molar-refractivity contribution is -0.118. The molecule has 0 fully saturated rings. The van der Waals surface area contributed by atoms with Gasteiger partial charge in [0.1, 0.15) is 5.75 Å². The van der Waals surface area contributed by atoms with Crippen molar-refractivity contribution in [2.75, 3.05) is 45.9 Å². The fraction of sp³-hybridized carbons (Fsp3) is 0.364. The van der Waals surface area contributed by atoms with E-state index in [0.717, 1.165) is 6.42 Å². The van der Waals surface area contributed by atoms with Gasteiger partial charge in [0.25, 0.3) is 11.8 Å². The van der Waals surface area contributed by atoms with Gasteiger partial charge >= 0.3 is 0 Å². The van der Waals surface area contributed by atoms with Crippen LogP contribution in [0.2, 0.25) is 0 Å². The SMILES string of the molecule is CCOCCCNC(=O)c1ccc(OCC(=O)Nc2ccccc2OC)c(OC)c1. The van der Waals surface area contributed by atoms with Crippen LogP contribution in [0.5, 0.6) is 17.2 Å². The number of para-hydroxylation sites is 2. The van der Waals surface area contributed by atoms with Gasteiger partial charge in [0, 0.05) is 25.3 Å². The second-order valence-corrected chi connectivity index (χ2v) is 6.21. The lowest BCUT2D eigenvalue weighted by Gasteiger charge is -2.13. The molecular weight excluding hydrogens is 388 g/mol. The van der Waals surface area contributed by atoms with E-state index in [4.69, 9.17) is 18.9 Å². The van der Waals surface area contributed by atoms with Crippen LogP contribution in [-0.2, 0) is 9.53 Å². The van der Waals surface area contributed by atoms with Gasteiger partial charge in [-0.1, -0.05) is 12.1 Å². The molecule has 0 saturated heterocycles. The minimum atomic E-state index is -0.349. The predicted octanol–water partition coefficient (Wildman–Crippen LogP) is 2.88.